The second-order valence-corrected chi connectivity index (χ2v) is 16.8. The SMILES string of the molecule is N#Cc1ccc(-n2c3ccccc3c3cc(-c4ccccc4C#N)ccc32)c(-c2ccc(-c3c(C(F)(F)F)cccc3C(F)(F)F)cc2-n2c3ccccc3c3cc(-c4ccccc4C#N)ccc32)c1. The molecular weight excluding hydrogens is 893 g/mol. The third-order valence-electron chi connectivity index (χ3n) is 12.9. The Morgan fingerprint density at radius 1 is 0.343 bits per heavy atom. The smallest absolute Gasteiger partial charge is 0.309 e. The number of para-hydroxylation sites is 2. The van der Waals surface area contributed by atoms with Crippen molar-refractivity contribution >= 4 is 43.6 Å². The predicted octanol–water partition coefficient (Wildman–Crippen LogP) is 16.2. The highest BCUT2D eigenvalue weighted by Crippen LogP contribution is 2.48. The van der Waals surface area contributed by atoms with Crippen molar-refractivity contribution in [1.29, 1.82) is 15.8 Å². The van der Waals surface area contributed by atoms with Crippen molar-refractivity contribution in [2.75, 3.05) is 0 Å². The van der Waals surface area contributed by atoms with Gasteiger partial charge in [-0.15, -0.1) is 0 Å². The van der Waals surface area contributed by atoms with Gasteiger partial charge in [0.05, 0.1) is 79.5 Å². The first-order chi connectivity index (χ1) is 33.9. The molecule has 0 radical (unpaired) electrons. The van der Waals surface area contributed by atoms with Crippen LogP contribution in [0.4, 0.5) is 26.3 Å². The zero-order valence-electron chi connectivity index (χ0n) is 36.4. The second-order valence-electron chi connectivity index (χ2n) is 16.8. The molecule has 9 aromatic carbocycles. The maximum Gasteiger partial charge on any atom is 0.417 e. The highest BCUT2D eigenvalue weighted by Gasteiger charge is 2.41. The number of nitriles is 3. The highest BCUT2D eigenvalue weighted by molar-refractivity contribution is 6.13. The van der Waals surface area contributed by atoms with E-state index in [4.69, 9.17) is 0 Å². The Kier molecular flexibility index (Phi) is 10.2. The van der Waals surface area contributed by atoms with E-state index in [0.717, 1.165) is 49.9 Å². The van der Waals surface area contributed by atoms with E-state index in [1.165, 1.54) is 18.2 Å². The fraction of sp³-hybridized carbons (Fsp3) is 0.0339. The van der Waals surface area contributed by atoms with Gasteiger partial charge in [0.1, 0.15) is 0 Å². The van der Waals surface area contributed by atoms with Gasteiger partial charge in [-0.3, -0.25) is 0 Å². The van der Waals surface area contributed by atoms with Crippen LogP contribution in [0.5, 0.6) is 0 Å². The van der Waals surface area contributed by atoms with Gasteiger partial charge in [-0.25, -0.2) is 0 Å². The molecule has 0 aliphatic heterocycles. The Labute approximate surface area is 395 Å². The lowest BCUT2D eigenvalue weighted by Gasteiger charge is -2.22. The summed E-state index contributed by atoms with van der Waals surface area (Å²) in [6, 6.07) is 59.2. The van der Waals surface area contributed by atoms with Gasteiger partial charge in [0.2, 0.25) is 0 Å². The number of nitrogens with zero attached hydrogens (tertiary/aromatic N) is 5. The van der Waals surface area contributed by atoms with E-state index in [9.17, 15) is 42.1 Å². The van der Waals surface area contributed by atoms with E-state index in [-0.39, 0.29) is 16.8 Å². The number of aromatic nitrogens is 2. The number of hydrogen-bond donors (Lipinski definition) is 0. The summed E-state index contributed by atoms with van der Waals surface area (Å²) in [7, 11) is 0. The molecule has 11 rings (SSSR count). The summed E-state index contributed by atoms with van der Waals surface area (Å²) in [4.78, 5) is 0. The molecule has 2 aromatic heterocycles. The molecule has 0 spiro atoms. The van der Waals surface area contributed by atoms with E-state index >= 15 is 0 Å². The Balaban J connectivity index is 1.25. The molecule has 0 atom stereocenters. The van der Waals surface area contributed by atoms with Crippen molar-refractivity contribution in [3.63, 3.8) is 0 Å². The maximum atomic E-state index is 14.9. The summed E-state index contributed by atoms with van der Waals surface area (Å²) in [5, 5.41) is 33.6. The summed E-state index contributed by atoms with van der Waals surface area (Å²) in [5.74, 6) is 0. The molecule has 0 aliphatic rings. The van der Waals surface area contributed by atoms with Crippen LogP contribution in [0.25, 0.3) is 99.5 Å². The Morgan fingerprint density at radius 2 is 0.814 bits per heavy atom. The van der Waals surface area contributed by atoms with E-state index in [2.05, 4.69) is 18.2 Å². The summed E-state index contributed by atoms with van der Waals surface area (Å²) < 4.78 is 93.5. The zero-order chi connectivity index (χ0) is 48.5. The van der Waals surface area contributed by atoms with E-state index in [0.29, 0.717) is 62.1 Å². The number of fused-ring (bicyclic) bond motifs is 6. The van der Waals surface area contributed by atoms with Gasteiger partial charge in [0.25, 0.3) is 0 Å². The van der Waals surface area contributed by atoms with Gasteiger partial charge in [0, 0.05) is 38.2 Å². The Hall–Kier alpha value is -9.37. The minimum atomic E-state index is -5.15. The van der Waals surface area contributed by atoms with Gasteiger partial charge in [-0.2, -0.15) is 42.1 Å². The quantitative estimate of drug-likeness (QED) is 0.156. The first kappa shape index (κ1) is 43.2. The molecule has 0 N–H and O–H groups in total. The van der Waals surface area contributed by atoms with E-state index < -0.39 is 29.0 Å². The van der Waals surface area contributed by atoms with Crippen molar-refractivity contribution in [3.05, 3.63) is 216 Å². The summed E-state index contributed by atoms with van der Waals surface area (Å²) in [6.45, 7) is 0. The third-order valence-corrected chi connectivity index (χ3v) is 12.9. The lowest BCUT2D eigenvalue weighted by atomic mass is 9.90. The predicted molar refractivity (Wildman–Crippen MR) is 261 cm³/mol. The molecule has 11 heteroatoms. The van der Waals surface area contributed by atoms with Crippen molar-refractivity contribution in [3.8, 4) is 74.1 Å². The molecule has 70 heavy (non-hydrogen) atoms. The van der Waals surface area contributed by atoms with Gasteiger partial charge in [-0.1, -0.05) is 103 Å². The molecular formula is C59H31F6N5. The lowest BCUT2D eigenvalue weighted by molar-refractivity contribution is -0.142. The topological polar surface area (TPSA) is 81.2 Å². The minimum Gasteiger partial charge on any atom is -0.309 e. The molecule has 334 valence electrons. The summed E-state index contributed by atoms with van der Waals surface area (Å²) in [6.07, 6.45) is -10.3. The van der Waals surface area contributed by atoms with Crippen LogP contribution in [-0.2, 0) is 12.4 Å². The van der Waals surface area contributed by atoms with E-state index in [1.807, 2.05) is 112 Å². The Morgan fingerprint density at radius 3 is 1.33 bits per heavy atom. The molecule has 0 saturated heterocycles. The molecule has 0 saturated carbocycles. The van der Waals surface area contributed by atoms with Crippen LogP contribution in [0.2, 0.25) is 0 Å². The summed E-state index contributed by atoms with van der Waals surface area (Å²) >= 11 is 0. The molecule has 0 fully saturated rings. The first-order valence-electron chi connectivity index (χ1n) is 21.9. The third kappa shape index (κ3) is 7.01. The van der Waals surface area contributed by atoms with Crippen molar-refractivity contribution in [1.82, 2.24) is 9.13 Å². The second kappa shape index (κ2) is 16.4. The van der Waals surface area contributed by atoms with Crippen molar-refractivity contribution in [2.45, 2.75) is 12.4 Å². The average Bonchev–Trinajstić information content (AvgIpc) is 3.89. The van der Waals surface area contributed by atoms with E-state index in [1.54, 1.807) is 48.5 Å². The van der Waals surface area contributed by atoms with Gasteiger partial charge >= 0.3 is 12.4 Å². The normalized spacial score (nSPS) is 11.8. The van der Waals surface area contributed by atoms with Crippen LogP contribution in [0.15, 0.2) is 188 Å². The number of halogens is 6. The van der Waals surface area contributed by atoms with Gasteiger partial charge in [-0.05, 0) is 113 Å². The standard InChI is InChI=1S/C59H31F6N5/c60-58(61,62)49-16-9-17-50(59(63,64)65)57(49)38-21-24-45(56(31-38)70-52-19-8-6-15-44(52)48-30-37(23-27-55(48)70)42-13-4-2-11-40(42)34-68)46-28-35(32-66)20-25-53(46)69-51-18-7-5-14-43(51)47-29-36(22-26-54(47)69)41-12-3-1-10-39(41)33-67/h1-31H. The fourth-order valence-electron chi connectivity index (χ4n) is 9.92. The number of alkyl halides is 6. The largest absolute Gasteiger partial charge is 0.417 e. The molecule has 2 heterocycles. The monoisotopic (exact) mass is 923 g/mol. The molecule has 0 aliphatic carbocycles. The molecule has 11 aromatic rings. The van der Waals surface area contributed by atoms with Crippen LogP contribution in [0, 0.1) is 34.0 Å². The van der Waals surface area contributed by atoms with Crippen LogP contribution in [0.3, 0.4) is 0 Å². The molecule has 0 unspecified atom stereocenters. The number of benzene rings is 9. The highest BCUT2D eigenvalue weighted by atomic mass is 19.4. The maximum absolute atomic E-state index is 14.9. The van der Waals surface area contributed by atoms with Crippen LogP contribution in [-0.4, -0.2) is 9.13 Å². The lowest BCUT2D eigenvalue weighted by Crippen LogP contribution is -2.14. The van der Waals surface area contributed by atoms with Gasteiger partial charge in [0.15, 0.2) is 0 Å². The van der Waals surface area contributed by atoms with Crippen LogP contribution >= 0.6 is 0 Å². The van der Waals surface area contributed by atoms with Crippen molar-refractivity contribution in [2.24, 2.45) is 0 Å². The van der Waals surface area contributed by atoms with Crippen LogP contribution in [0.1, 0.15) is 27.8 Å². The molecule has 0 amide bonds. The molecule has 5 nitrogen and oxygen atoms in total. The number of rotatable bonds is 6. The van der Waals surface area contributed by atoms with Crippen molar-refractivity contribution < 1.29 is 26.3 Å². The number of hydrogen-bond acceptors (Lipinski definition) is 3. The first-order valence-corrected chi connectivity index (χ1v) is 21.9. The summed E-state index contributed by atoms with van der Waals surface area (Å²) in [5.41, 5.74) is 4.35. The molecule has 0 bridgehead atoms. The van der Waals surface area contributed by atoms with Crippen LogP contribution < -0.4 is 0 Å². The minimum absolute atomic E-state index is 0.242. The average molecular weight is 924 g/mol. The Bertz CT molecular complexity index is 4060. The fourth-order valence-corrected chi connectivity index (χ4v) is 9.92. The van der Waals surface area contributed by atoms with Gasteiger partial charge < -0.3 is 9.13 Å². The zero-order valence-corrected chi connectivity index (χ0v) is 36.4.